The van der Waals surface area contributed by atoms with Crippen LogP contribution in [0.25, 0.3) is 0 Å². The quantitative estimate of drug-likeness (QED) is 0.341. The van der Waals surface area contributed by atoms with Crippen LogP contribution >= 0.6 is 11.6 Å². The van der Waals surface area contributed by atoms with Gasteiger partial charge in [0, 0.05) is 0 Å². The first kappa shape index (κ1) is 22.2. The predicted octanol–water partition coefficient (Wildman–Crippen LogP) is 4.00. The van der Waals surface area contributed by atoms with Crippen molar-refractivity contribution in [2.75, 3.05) is 13.2 Å². The Bertz CT molecular complexity index is 453. The van der Waals surface area contributed by atoms with E-state index >= 15 is 0 Å². The van der Waals surface area contributed by atoms with Gasteiger partial charge in [-0.2, -0.15) is 0 Å². The van der Waals surface area contributed by atoms with Crippen LogP contribution in [0.5, 0.6) is 5.75 Å². The Hall–Kier alpha value is -0.810. The molecular weight excluding hydrogens is 338 g/mol. The zero-order valence-corrected chi connectivity index (χ0v) is 16.2. The number of unbranched alkanes of at least 4 members (excludes halogenated alkanes) is 6. The molecule has 1 aromatic carbocycles. The summed E-state index contributed by atoms with van der Waals surface area (Å²) >= 11 is 5.65. The predicted molar refractivity (Wildman–Crippen MR) is 104 cm³/mol. The number of aliphatic hydroxyl groups excluding tert-OH is 2. The lowest BCUT2D eigenvalue weighted by Crippen LogP contribution is -2.52. The van der Waals surface area contributed by atoms with Gasteiger partial charge < -0.3 is 20.7 Å². The van der Waals surface area contributed by atoms with Crippen molar-refractivity contribution < 1.29 is 14.9 Å². The number of ether oxygens (including phenoxy) is 1. The van der Waals surface area contributed by atoms with Crippen molar-refractivity contribution in [1.82, 2.24) is 0 Å². The molecule has 2 unspecified atom stereocenters. The van der Waals surface area contributed by atoms with Crippen LogP contribution in [0.1, 0.15) is 63.9 Å². The fourth-order valence-corrected chi connectivity index (χ4v) is 2.83. The largest absolute Gasteiger partial charge is 0.494 e. The van der Waals surface area contributed by atoms with Crippen LogP contribution in [0, 0.1) is 0 Å². The molecule has 0 heterocycles. The Kier molecular flexibility index (Phi) is 11.1. The molecule has 1 rings (SSSR count). The molecule has 0 aliphatic heterocycles. The number of hydrogen-bond acceptors (Lipinski definition) is 4. The number of hydrogen-bond donors (Lipinski definition) is 3. The highest BCUT2D eigenvalue weighted by Crippen LogP contribution is 2.20. The van der Waals surface area contributed by atoms with Crippen LogP contribution in [-0.2, 0) is 6.42 Å². The number of aliphatic hydroxyl groups is 2. The van der Waals surface area contributed by atoms with Gasteiger partial charge in [-0.15, -0.1) is 0 Å². The van der Waals surface area contributed by atoms with Gasteiger partial charge in [-0.25, -0.2) is 0 Å². The van der Waals surface area contributed by atoms with Crippen LogP contribution in [-0.4, -0.2) is 34.5 Å². The molecular formula is C20H34ClNO3. The van der Waals surface area contributed by atoms with Gasteiger partial charge in [0.05, 0.1) is 18.8 Å². The van der Waals surface area contributed by atoms with Crippen LogP contribution in [0.4, 0.5) is 0 Å². The third kappa shape index (κ3) is 8.91. The SMILES string of the molecule is CCCCCCCCCOc1ccc(CCC(N)(CO)C(O)Cl)cc1. The van der Waals surface area contributed by atoms with E-state index in [9.17, 15) is 10.2 Å². The molecule has 0 radical (unpaired) electrons. The Morgan fingerprint density at radius 2 is 1.68 bits per heavy atom. The van der Waals surface area contributed by atoms with E-state index in [1.807, 2.05) is 24.3 Å². The summed E-state index contributed by atoms with van der Waals surface area (Å²) < 4.78 is 5.77. The molecule has 144 valence electrons. The molecule has 0 saturated carbocycles. The molecule has 0 aromatic heterocycles. The molecule has 0 bridgehead atoms. The third-order valence-electron chi connectivity index (χ3n) is 4.59. The van der Waals surface area contributed by atoms with Crippen LogP contribution < -0.4 is 10.5 Å². The minimum Gasteiger partial charge on any atom is -0.494 e. The molecule has 25 heavy (non-hydrogen) atoms. The minimum atomic E-state index is -1.26. The van der Waals surface area contributed by atoms with Gasteiger partial charge in [-0.3, -0.25) is 0 Å². The van der Waals surface area contributed by atoms with E-state index in [0.717, 1.165) is 24.3 Å². The van der Waals surface area contributed by atoms with E-state index in [1.54, 1.807) is 0 Å². The van der Waals surface area contributed by atoms with Crippen molar-refractivity contribution in [3.63, 3.8) is 0 Å². The molecule has 0 aliphatic rings. The number of rotatable bonds is 14. The molecule has 0 aliphatic carbocycles. The van der Waals surface area contributed by atoms with E-state index in [4.69, 9.17) is 22.1 Å². The van der Waals surface area contributed by atoms with Crippen molar-refractivity contribution in [3.05, 3.63) is 29.8 Å². The molecule has 4 nitrogen and oxygen atoms in total. The standard InChI is InChI=1S/C20H34ClNO3/c1-2-3-4-5-6-7-8-15-25-18-11-9-17(10-12-18)13-14-20(22,16-23)19(21)24/h9-12,19,23-24H,2-8,13-16,22H2,1H3. The van der Waals surface area contributed by atoms with Crippen LogP contribution in [0.2, 0.25) is 0 Å². The van der Waals surface area contributed by atoms with Gasteiger partial charge >= 0.3 is 0 Å². The zero-order chi connectivity index (χ0) is 18.5. The monoisotopic (exact) mass is 371 g/mol. The maximum Gasteiger partial charge on any atom is 0.148 e. The van der Waals surface area contributed by atoms with Gasteiger partial charge in [0.25, 0.3) is 0 Å². The molecule has 0 fully saturated rings. The summed E-state index contributed by atoms with van der Waals surface area (Å²) in [6.45, 7) is 2.64. The third-order valence-corrected chi connectivity index (χ3v) is 5.02. The first-order valence-corrected chi connectivity index (χ1v) is 9.89. The number of nitrogens with two attached hydrogens (primary N) is 1. The lowest BCUT2D eigenvalue weighted by molar-refractivity contribution is 0.0887. The van der Waals surface area contributed by atoms with E-state index in [-0.39, 0.29) is 6.61 Å². The minimum absolute atomic E-state index is 0.350. The van der Waals surface area contributed by atoms with Crippen molar-refractivity contribution in [2.24, 2.45) is 5.73 Å². The summed E-state index contributed by atoms with van der Waals surface area (Å²) in [5, 5.41) is 18.7. The smallest absolute Gasteiger partial charge is 0.148 e. The van der Waals surface area contributed by atoms with Gasteiger partial charge in [0.15, 0.2) is 0 Å². The number of alkyl halides is 1. The second kappa shape index (κ2) is 12.5. The van der Waals surface area contributed by atoms with E-state index < -0.39 is 11.1 Å². The van der Waals surface area contributed by atoms with Gasteiger partial charge in [0.2, 0.25) is 0 Å². The van der Waals surface area contributed by atoms with E-state index in [2.05, 4.69) is 6.92 Å². The van der Waals surface area contributed by atoms with E-state index in [0.29, 0.717) is 12.8 Å². The number of halogens is 1. The van der Waals surface area contributed by atoms with Gasteiger partial charge in [-0.05, 0) is 37.0 Å². The second-order valence-corrected chi connectivity index (χ2v) is 7.25. The Labute approximate surface area is 157 Å². The molecule has 2 atom stereocenters. The van der Waals surface area contributed by atoms with Crippen LogP contribution in [0.3, 0.4) is 0 Å². The highest BCUT2D eigenvalue weighted by Gasteiger charge is 2.31. The first-order chi connectivity index (χ1) is 12.0. The zero-order valence-electron chi connectivity index (χ0n) is 15.4. The lowest BCUT2D eigenvalue weighted by Gasteiger charge is -2.28. The highest BCUT2D eigenvalue weighted by atomic mass is 35.5. The average molecular weight is 372 g/mol. The molecule has 1 aromatic rings. The highest BCUT2D eigenvalue weighted by molar-refractivity contribution is 6.20. The molecule has 4 N–H and O–H groups in total. The van der Waals surface area contributed by atoms with Gasteiger partial charge in [0.1, 0.15) is 11.3 Å². The summed E-state index contributed by atoms with van der Waals surface area (Å²) in [5.74, 6) is 0.869. The number of benzene rings is 1. The lowest BCUT2D eigenvalue weighted by atomic mass is 9.93. The fraction of sp³-hybridized carbons (Fsp3) is 0.700. The fourth-order valence-electron chi connectivity index (χ4n) is 2.65. The van der Waals surface area contributed by atoms with Gasteiger partial charge in [-0.1, -0.05) is 69.2 Å². The summed E-state index contributed by atoms with van der Waals surface area (Å²) in [6, 6.07) is 7.87. The Morgan fingerprint density at radius 1 is 1.08 bits per heavy atom. The second-order valence-electron chi connectivity index (χ2n) is 6.84. The topological polar surface area (TPSA) is 75.7 Å². The summed E-state index contributed by atoms with van der Waals surface area (Å²) in [6.07, 6.45) is 9.96. The summed E-state index contributed by atoms with van der Waals surface area (Å²) in [7, 11) is 0. The molecule has 0 spiro atoms. The normalized spacial score (nSPS) is 14.9. The van der Waals surface area contributed by atoms with Crippen LogP contribution in [0.15, 0.2) is 24.3 Å². The maximum absolute atomic E-state index is 9.46. The van der Waals surface area contributed by atoms with E-state index in [1.165, 1.54) is 38.5 Å². The average Bonchev–Trinajstić information content (AvgIpc) is 2.62. The Morgan fingerprint density at radius 3 is 2.24 bits per heavy atom. The van der Waals surface area contributed by atoms with Crippen molar-refractivity contribution in [2.45, 2.75) is 75.8 Å². The van der Waals surface area contributed by atoms with Crippen molar-refractivity contribution >= 4 is 11.6 Å². The molecule has 0 saturated heterocycles. The summed E-state index contributed by atoms with van der Waals surface area (Å²) in [5.41, 5.74) is 4.53. The van der Waals surface area contributed by atoms with Crippen molar-refractivity contribution in [3.8, 4) is 5.75 Å². The summed E-state index contributed by atoms with van der Waals surface area (Å²) in [4.78, 5) is 0. The van der Waals surface area contributed by atoms with Crippen molar-refractivity contribution in [1.29, 1.82) is 0 Å². The molecule has 0 amide bonds. The Balaban J connectivity index is 2.23. The molecule has 5 heteroatoms. The number of aryl methyl sites for hydroxylation is 1. The maximum atomic E-state index is 9.46. The first-order valence-electron chi connectivity index (χ1n) is 9.45.